The first-order valence-corrected chi connectivity index (χ1v) is 8.72. The Morgan fingerprint density at radius 3 is 2.62 bits per heavy atom. The van der Waals surface area contributed by atoms with Crippen LogP contribution in [0.15, 0.2) is 48.7 Å². The van der Waals surface area contributed by atoms with Crippen molar-refractivity contribution in [3.8, 4) is 0 Å². The number of amides is 1. The van der Waals surface area contributed by atoms with Crippen LogP contribution in [0.25, 0.3) is 10.9 Å². The zero-order valence-corrected chi connectivity index (χ0v) is 15.6. The number of carbonyl (C=O) groups is 2. The van der Waals surface area contributed by atoms with Gasteiger partial charge < -0.3 is 10.3 Å². The number of anilines is 1. The molecule has 0 aliphatic carbocycles. The molecule has 2 N–H and O–H groups in total. The highest BCUT2D eigenvalue weighted by molar-refractivity contribution is 6.42. The Bertz CT molecular complexity index is 968. The van der Waals surface area contributed by atoms with E-state index in [0.29, 0.717) is 21.3 Å². The van der Waals surface area contributed by atoms with Crippen molar-refractivity contribution in [1.29, 1.82) is 0 Å². The summed E-state index contributed by atoms with van der Waals surface area (Å²) in [5, 5.41) is 4.41. The number of hydrogen-bond donors (Lipinski definition) is 2. The molecule has 26 heavy (non-hydrogen) atoms. The molecule has 0 radical (unpaired) electrons. The molecule has 0 aliphatic rings. The average molecular weight is 390 g/mol. The van der Waals surface area contributed by atoms with E-state index >= 15 is 0 Å². The SMILES string of the molecule is CN(CC(=O)Nc1ccc(Cl)c(Cl)c1)CC(=O)c1c[nH]c2ccccc12. The molecule has 7 heteroatoms. The Labute approximate surface area is 160 Å². The van der Waals surface area contributed by atoms with Crippen molar-refractivity contribution in [2.45, 2.75) is 0 Å². The fraction of sp³-hybridized carbons (Fsp3) is 0.158. The van der Waals surface area contributed by atoms with Crippen LogP contribution in [-0.4, -0.2) is 41.7 Å². The molecule has 1 amide bonds. The number of rotatable bonds is 6. The quantitative estimate of drug-likeness (QED) is 0.620. The smallest absolute Gasteiger partial charge is 0.238 e. The van der Waals surface area contributed by atoms with Gasteiger partial charge in [0.1, 0.15) is 0 Å². The summed E-state index contributed by atoms with van der Waals surface area (Å²) in [7, 11) is 1.72. The molecule has 2 aromatic carbocycles. The van der Waals surface area contributed by atoms with Gasteiger partial charge in [-0.3, -0.25) is 14.5 Å². The normalized spacial score (nSPS) is 11.1. The number of likely N-dealkylation sites (N-methyl/N-ethyl adjacent to an activating group) is 1. The van der Waals surface area contributed by atoms with E-state index in [-0.39, 0.29) is 24.8 Å². The lowest BCUT2D eigenvalue weighted by molar-refractivity contribution is -0.116. The third kappa shape index (κ3) is 4.25. The number of halogens is 2. The highest BCUT2D eigenvalue weighted by Crippen LogP contribution is 2.25. The largest absolute Gasteiger partial charge is 0.360 e. The number of para-hydroxylation sites is 1. The van der Waals surface area contributed by atoms with Crippen molar-refractivity contribution in [1.82, 2.24) is 9.88 Å². The van der Waals surface area contributed by atoms with E-state index in [9.17, 15) is 9.59 Å². The van der Waals surface area contributed by atoms with Crippen LogP contribution in [0.4, 0.5) is 5.69 Å². The standard InChI is InChI=1S/C19H17Cl2N3O2/c1-24(11-19(26)23-12-6-7-15(20)16(21)8-12)10-18(25)14-9-22-17-5-3-2-4-13(14)17/h2-9,22H,10-11H2,1H3,(H,23,26). The van der Waals surface area contributed by atoms with Gasteiger partial charge >= 0.3 is 0 Å². The molecular weight excluding hydrogens is 373 g/mol. The second-order valence-corrected chi connectivity index (χ2v) is 6.83. The molecule has 0 saturated carbocycles. The molecule has 0 bridgehead atoms. The first-order valence-electron chi connectivity index (χ1n) is 7.97. The van der Waals surface area contributed by atoms with Crippen LogP contribution < -0.4 is 5.32 Å². The van der Waals surface area contributed by atoms with Gasteiger partial charge in [0.2, 0.25) is 5.91 Å². The lowest BCUT2D eigenvalue weighted by Crippen LogP contribution is -2.34. The molecule has 3 rings (SSSR count). The third-order valence-corrected chi connectivity index (χ3v) is 4.66. The van der Waals surface area contributed by atoms with Gasteiger partial charge in [-0.25, -0.2) is 0 Å². The molecule has 5 nitrogen and oxygen atoms in total. The Morgan fingerprint density at radius 1 is 1.08 bits per heavy atom. The lowest BCUT2D eigenvalue weighted by Gasteiger charge is -2.15. The summed E-state index contributed by atoms with van der Waals surface area (Å²) in [6.07, 6.45) is 1.70. The summed E-state index contributed by atoms with van der Waals surface area (Å²) in [6.45, 7) is 0.213. The summed E-state index contributed by atoms with van der Waals surface area (Å²) >= 11 is 11.8. The van der Waals surface area contributed by atoms with Crippen molar-refractivity contribution >= 4 is 51.5 Å². The number of benzene rings is 2. The van der Waals surface area contributed by atoms with E-state index in [0.717, 1.165) is 10.9 Å². The Morgan fingerprint density at radius 2 is 1.85 bits per heavy atom. The van der Waals surface area contributed by atoms with Crippen LogP contribution in [0.5, 0.6) is 0 Å². The second kappa shape index (κ2) is 7.91. The molecule has 0 fully saturated rings. The predicted molar refractivity (Wildman–Crippen MR) is 105 cm³/mol. The van der Waals surface area contributed by atoms with Crippen LogP contribution in [0.1, 0.15) is 10.4 Å². The number of ketones is 1. The summed E-state index contributed by atoms with van der Waals surface area (Å²) in [5.41, 5.74) is 2.09. The first-order chi connectivity index (χ1) is 12.4. The minimum atomic E-state index is -0.238. The number of nitrogens with zero attached hydrogens (tertiary/aromatic N) is 1. The number of H-pyrrole nitrogens is 1. The zero-order valence-electron chi connectivity index (χ0n) is 14.1. The van der Waals surface area contributed by atoms with E-state index in [2.05, 4.69) is 10.3 Å². The molecule has 1 heterocycles. The van der Waals surface area contributed by atoms with Crippen molar-refractivity contribution in [2.24, 2.45) is 0 Å². The number of nitrogens with one attached hydrogen (secondary N) is 2. The van der Waals surface area contributed by atoms with Crippen LogP contribution in [0.2, 0.25) is 10.0 Å². The van der Waals surface area contributed by atoms with Crippen molar-refractivity contribution in [3.05, 3.63) is 64.3 Å². The van der Waals surface area contributed by atoms with Crippen molar-refractivity contribution in [2.75, 3.05) is 25.5 Å². The van der Waals surface area contributed by atoms with Crippen molar-refractivity contribution in [3.63, 3.8) is 0 Å². The Balaban J connectivity index is 1.59. The molecule has 0 aliphatic heterocycles. The van der Waals surface area contributed by atoms with E-state index < -0.39 is 0 Å². The number of fused-ring (bicyclic) bond motifs is 1. The second-order valence-electron chi connectivity index (χ2n) is 6.02. The molecule has 3 aromatic rings. The first kappa shape index (κ1) is 18.5. The number of Topliss-reactive ketones (excluding diaryl/α,β-unsaturated/α-hetero) is 1. The minimum absolute atomic E-state index is 0.0488. The maximum Gasteiger partial charge on any atom is 0.238 e. The summed E-state index contributed by atoms with van der Waals surface area (Å²) in [5.74, 6) is -0.287. The predicted octanol–water partition coefficient (Wildman–Crippen LogP) is 4.23. The summed E-state index contributed by atoms with van der Waals surface area (Å²) < 4.78 is 0. The van der Waals surface area contributed by atoms with Crippen LogP contribution in [-0.2, 0) is 4.79 Å². The van der Waals surface area contributed by atoms with Crippen molar-refractivity contribution < 1.29 is 9.59 Å². The highest BCUT2D eigenvalue weighted by Gasteiger charge is 2.16. The number of aromatic amines is 1. The lowest BCUT2D eigenvalue weighted by atomic mass is 10.1. The highest BCUT2D eigenvalue weighted by atomic mass is 35.5. The molecule has 134 valence electrons. The van der Waals surface area contributed by atoms with Gasteiger partial charge in [-0.1, -0.05) is 41.4 Å². The van der Waals surface area contributed by atoms with E-state index in [4.69, 9.17) is 23.2 Å². The minimum Gasteiger partial charge on any atom is -0.360 e. The van der Waals surface area contributed by atoms with Gasteiger partial charge in [0, 0.05) is 28.4 Å². The monoisotopic (exact) mass is 389 g/mol. The topological polar surface area (TPSA) is 65.2 Å². The molecule has 0 atom stereocenters. The molecule has 0 spiro atoms. The Kier molecular flexibility index (Phi) is 5.61. The van der Waals surface area contributed by atoms with E-state index in [1.54, 1.807) is 36.3 Å². The maximum absolute atomic E-state index is 12.5. The molecular formula is C19H17Cl2N3O2. The van der Waals surface area contributed by atoms with Crippen LogP contribution in [0, 0.1) is 0 Å². The van der Waals surface area contributed by atoms with Gasteiger partial charge in [0.05, 0.1) is 23.1 Å². The summed E-state index contributed by atoms with van der Waals surface area (Å²) in [6, 6.07) is 12.5. The fourth-order valence-electron chi connectivity index (χ4n) is 2.71. The van der Waals surface area contributed by atoms with E-state index in [1.807, 2.05) is 24.3 Å². The molecule has 1 aromatic heterocycles. The molecule has 0 unspecified atom stereocenters. The summed E-state index contributed by atoms with van der Waals surface area (Å²) in [4.78, 5) is 29.4. The van der Waals surface area contributed by atoms with Crippen LogP contribution in [0.3, 0.4) is 0 Å². The maximum atomic E-state index is 12.5. The Hall–Kier alpha value is -2.34. The fourth-order valence-corrected chi connectivity index (χ4v) is 3.01. The molecule has 0 saturated heterocycles. The van der Waals surface area contributed by atoms with Gasteiger partial charge in [-0.15, -0.1) is 0 Å². The third-order valence-electron chi connectivity index (χ3n) is 3.92. The number of hydrogen-bond acceptors (Lipinski definition) is 3. The van der Waals surface area contributed by atoms with Gasteiger partial charge in [0.25, 0.3) is 0 Å². The number of aromatic nitrogens is 1. The van der Waals surface area contributed by atoms with Gasteiger partial charge in [0.15, 0.2) is 5.78 Å². The zero-order chi connectivity index (χ0) is 18.7. The number of carbonyl (C=O) groups excluding carboxylic acids is 2. The average Bonchev–Trinajstić information content (AvgIpc) is 3.02. The van der Waals surface area contributed by atoms with Gasteiger partial charge in [-0.05, 0) is 31.3 Å². The van der Waals surface area contributed by atoms with E-state index in [1.165, 1.54) is 0 Å². The van der Waals surface area contributed by atoms with Gasteiger partial charge in [-0.2, -0.15) is 0 Å². The van der Waals surface area contributed by atoms with Crippen LogP contribution >= 0.6 is 23.2 Å².